The van der Waals surface area contributed by atoms with Crippen LogP contribution in [0.3, 0.4) is 0 Å². The Morgan fingerprint density at radius 2 is 1.90 bits per heavy atom. The first-order valence-electron chi connectivity index (χ1n) is 6.17. The Morgan fingerprint density at radius 3 is 2.45 bits per heavy atom. The third kappa shape index (κ3) is 5.47. The van der Waals surface area contributed by atoms with Gasteiger partial charge in [-0.15, -0.1) is 0 Å². The second kappa shape index (κ2) is 7.88. The van der Waals surface area contributed by atoms with Crippen LogP contribution in [0, 0.1) is 0 Å². The fourth-order valence-corrected chi connectivity index (χ4v) is 1.59. The van der Waals surface area contributed by atoms with Gasteiger partial charge < -0.3 is 16.0 Å². The number of hydrogen-bond acceptors (Lipinski definition) is 4. The highest BCUT2D eigenvalue weighted by Crippen LogP contribution is 2.02. The van der Waals surface area contributed by atoms with Crippen molar-refractivity contribution < 1.29 is 14.4 Å². The zero-order valence-corrected chi connectivity index (χ0v) is 11.5. The van der Waals surface area contributed by atoms with E-state index in [1.54, 1.807) is 24.5 Å². The van der Waals surface area contributed by atoms with Gasteiger partial charge in [0.2, 0.25) is 17.7 Å². The summed E-state index contributed by atoms with van der Waals surface area (Å²) in [4.78, 5) is 38.0. The van der Waals surface area contributed by atoms with Gasteiger partial charge in [-0.2, -0.15) is 0 Å². The van der Waals surface area contributed by atoms with Crippen LogP contribution in [-0.4, -0.2) is 42.3 Å². The van der Waals surface area contributed by atoms with Crippen LogP contribution in [0.2, 0.25) is 0 Å². The van der Waals surface area contributed by atoms with Crippen molar-refractivity contribution in [2.75, 3.05) is 13.6 Å². The van der Waals surface area contributed by atoms with Crippen molar-refractivity contribution in [3.63, 3.8) is 0 Å². The van der Waals surface area contributed by atoms with Crippen LogP contribution >= 0.6 is 0 Å². The topological polar surface area (TPSA) is 100 Å². The summed E-state index contributed by atoms with van der Waals surface area (Å²) in [6, 6.07) is 2.86. The van der Waals surface area contributed by atoms with E-state index < -0.39 is 11.9 Å². The van der Waals surface area contributed by atoms with E-state index in [1.165, 1.54) is 14.0 Å². The molecule has 0 radical (unpaired) electrons. The zero-order valence-electron chi connectivity index (χ0n) is 11.5. The van der Waals surface area contributed by atoms with Crippen molar-refractivity contribution in [1.82, 2.24) is 20.9 Å². The summed E-state index contributed by atoms with van der Waals surface area (Å²) < 4.78 is 0. The second-order valence-electron chi connectivity index (χ2n) is 4.20. The highest BCUT2D eigenvalue weighted by Gasteiger charge is 2.20. The van der Waals surface area contributed by atoms with Crippen LogP contribution in [0.25, 0.3) is 0 Å². The molecule has 0 fully saturated rings. The number of carbonyl (C=O) groups excluding carboxylic acids is 3. The molecule has 1 aromatic rings. The SMILES string of the molecule is CNC(=O)[C@H](Cc1ccncc1)NC(=O)CNC(C)=O. The first-order valence-corrected chi connectivity index (χ1v) is 6.17. The molecule has 0 spiro atoms. The lowest BCUT2D eigenvalue weighted by molar-refractivity contribution is -0.129. The molecule has 0 saturated carbocycles. The molecule has 0 aromatic carbocycles. The highest BCUT2D eigenvalue weighted by molar-refractivity contribution is 5.89. The van der Waals surface area contributed by atoms with Gasteiger partial charge in [-0.3, -0.25) is 19.4 Å². The summed E-state index contributed by atoms with van der Waals surface area (Å²) in [5, 5.41) is 7.46. The third-order valence-electron chi connectivity index (χ3n) is 2.59. The van der Waals surface area contributed by atoms with Crippen LogP contribution < -0.4 is 16.0 Å². The molecule has 20 heavy (non-hydrogen) atoms. The summed E-state index contributed by atoms with van der Waals surface area (Å²) in [6.07, 6.45) is 3.60. The summed E-state index contributed by atoms with van der Waals surface area (Å²) >= 11 is 0. The standard InChI is InChI=1S/C13H18N4O3/c1-9(18)16-8-12(19)17-11(13(20)14-2)7-10-3-5-15-6-4-10/h3-6,11H,7-8H2,1-2H3,(H,14,20)(H,16,18)(H,17,19)/t11-/m0/s1. The van der Waals surface area contributed by atoms with E-state index in [1.807, 2.05) is 0 Å². The maximum Gasteiger partial charge on any atom is 0.242 e. The number of carbonyl (C=O) groups is 3. The smallest absolute Gasteiger partial charge is 0.242 e. The Bertz CT molecular complexity index is 476. The number of hydrogen-bond donors (Lipinski definition) is 3. The van der Waals surface area contributed by atoms with Crippen molar-refractivity contribution >= 4 is 17.7 Å². The van der Waals surface area contributed by atoms with Crippen LogP contribution in [0.4, 0.5) is 0 Å². The van der Waals surface area contributed by atoms with E-state index >= 15 is 0 Å². The summed E-state index contributed by atoms with van der Waals surface area (Å²) in [5.74, 6) is -1.01. The molecule has 0 aliphatic carbocycles. The molecule has 108 valence electrons. The van der Waals surface area contributed by atoms with Gasteiger partial charge in [-0.1, -0.05) is 0 Å². The second-order valence-corrected chi connectivity index (χ2v) is 4.20. The maximum absolute atomic E-state index is 11.8. The molecular weight excluding hydrogens is 260 g/mol. The molecule has 1 atom stereocenters. The van der Waals surface area contributed by atoms with Crippen LogP contribution in [0.1, 0.15) is 12.5 Å². The molecule has 7 heteroatoms. The van der Waals surface area contributed by atoms with Gasteiger partial charge in [0, 0.05) is 32.8 Å². The molecule has 1 heterocycles. The number of aromatic nitrogens is 1. The number of rotatable bonds is 6. The minimum atomic E-state index is -0.691. The Morgan fingerprint density at radius 1 is 1.25 bits per heavy atom. The van der Waals surface area contributed by atoms with E-state index in [9.17, 15) is 14.4 Å². The monoisotopic (exact) mass is 278 g/mol. The van der Waals surface area contributed by atoms with E-state index in [0.29, 0.717) is 6.42 Å². The fourth-order valence-electron chi connectivity index (χ4n) is 1.59. The van der Waals surface area contributed by atoms with Crippen molar-refractivity contribution in [3.05, 3.63) is 30.1 Å². The molecule has 3 amide bonds. The third-order valence-corrected chi connectivity index (χ3v) is 2.59. The van der Waals surface area contributed by atoms with E-state index in [0.717, 1.165) is 5.56 Å². The zero-order chi connectivity index (χ0) is 15.0. The molecule has 0 bridgehead atoms. The van der Waals surface area contributed by atoms with Crippen LogP contribution in [0.15, 0.2) is 24.5 Å². The highest BCUT2D eigenvalue weighted by atomic mass is 16.2. The quantitative estimate of drug-likeness (QED) is 0.621. The number of nitrogens with one attached hydrogen (secondary N) is 3. The minimum Gasteiger partial charge on any atom is -0.357 e. The molecule has 7 nitrogen and oxygen atoms in total. The molecule has 1 rings (SSSR count). The van der Waals surface area contributed by atoms with Gasteiger partial charge in [-0.05, 0) is 17.7 Å². The normalized spacial score (nSPS) is 11.3. The first-order chi connectivity index (χ1) is 9.52. The minimum absolute atomic E-state index is 0.154. The van der Waals surface area contributed by atoms with Crippen molar-refractivity contribution in [3.8, 4) is 0 Å². The van der Waals surface area contributed by atoms with E-state index in [4.69, 9.17) is 0 Å². The van der Waals surface area contributed by atoms with Gasteiger partial charge in [-0.25, -0.2) is 0 Å². The summed E-state index contributed by atoms with van der Waals surface area (Å²) in [6.45, 7) is 1.17. The average molecular weight is 278 g/mol. The fraction of sp³-hybridized carbons (Fsp3) is 0.385. The van der Waals surface area contributed by atoms with Gasteiger partial charge >= 0.3 is 0 Å². The molecule has 1 aromatic heterocycles. The molecule has 0 unspecified atom stereocenters. The molecule has 0 aliphatic rings. The summed E-state index contributed by atoms with van der Waals surface area (Å²) in [7, 11) is 1.50. The Balaban J connectivity index is 2.63. The Hall–Kier alpha value is -2.44. The molecule has 0 saturated heterocycles. The van der Waals surface area contributed by atoms with Crippen molar-refractivity contribution in [2.45, 2.75) is 19.4 Å². The summed E-state index contributed by atoms with van der Waals surface area (Å²) in [5.41, 5.74) is 0.883. The van der Waals surface area contributed by atoms with E-state index in [2.05, 4.69) is 20.9 Å². The average Bonchev–Trinajstić information content (AvgIpc) is 2.44. The van der Waals surface area contributed by atoms with Crippen molar-refractivity contribution in [1.29, 1.82) is 0 Å². The predicted octanol–water partition coefficient (Wildman–Crippen LogP) is -1.01. The lowest BCUT2D eigenvalue weighted by Crippen LogP contribution is -2.49. The van der Waals surface area contributed by atoms with Crippen LogP contribution in [-0.2, 0) is 20.8 Å². The lowest BCUT2D eigenvalue weighted by Gasteiger charge is -2.17. The maximum atomic E-state index is 11.8. The first kappa shape index (κ1) is 15.6. The van der Waals surface area contributed by atoms with Gasteiger partial charge in [0.25, 0.3) is 0 Å². The Kier molecular flexibility index (Phi) is 6.15. The molecule has 0 aliphatic heterocycles. The Labute approximate surface area is 117 Å². The number of likely N-dealkylation sites (N-methyl/N-ethyl adjacent to an activating group) is 1. The van der Waals surface area contributed by atoms with Gasteiger partial charge in [0.15, 0.2) is 0 Å². The van der Waals surface area contributed by atoms with Crippen LogP contribution in [0.5, 0.6) is 0 Å². The molecule has 3 N–H and O–H groups in total. The molecular formula is C13H18N4O3. The van der Waals surface area contributed by atoms with Gasteiger partial charge in [0.05, 0.1) is 6.54 Å². The van der Waals surface area contributed by atoms with Gasteiger partial charge in [0.1, 0.15) is 6.04 Å². The van der Waals surface area contributed by atoms with Crippen molar-refractivity contribution in [2.24, 2.45) is 0 Å². The predicted molar refractivity (Wildman–Crippen MR) is 72.6 cm³/mol. The number of pyridine rings is 1. The number of amides is 3. The largest absolute Gasteiger partial charge is 0.357 e. The number of nitrogens with zero attached hydrogens (tertiary/aromatic N) is 1. The lowest BCUT2D eigenvalue weighted by atomic mass is 10.1. The van der Waals surface area contributed by atoms with E-state index in [-0.39, 0.29) is 18.4 Å².